The van der Waals surface area contributed by atoms with Crippen molar-refractivity contribution in [2.24, 2.45) is 0 Å². The van der Waals surface area contributed by atoms with Crippen molar-refractivity contribution in [1.29, 1.82) is 0 Å². The van der Waals surface area contributed by atoms with Crippen LogP contribution in [0, 0.1) is 13.8 Å². The molecule has 2 rings (SSSR count). The topological polar surface area (TPSA) is 59.4 Å². The van der Waals surface area contributed by atoms with Gasteiger partial charge < -0.3 is 9.84 Å². The standard InChI is InChI=1S/C16H19NO3S/c1-4-5-14-17-12(15(21-14)16(18)19)9-20-13-8-10(2)6-7-11(13)3/h6-8H,4-5,9H2,1-3H3,(H,18,19). The lowest BCUT2D eigenvalue weighted by molar-refractivity contribution is 0.0699. The van der Waals surface area contributed by atoms with Crippen LogP contribution in [0.2, 0.25) is 0 Å². The highest BCUT2D eigenvalue weighted by Crippen LogP contribution is 2.24. The Balaban J connectivity index is 2.18. The molecule has 0 saturated carbocycles. The van der Waals surface area contributed by atoms with Crippen molar-refractivity contribution >= 4 is 17.3 Å². The number of aromatic nitrogens is 1. The first-order valence-corrected chi connectivity index (χ1v) is 7.74. The van der Waals surface area contributed by atoms with Gasteiger partial charge in [0.05, 0.1) is 5.01 Å². The average molecular weight is 305 g/mol. The van der Waals surface area contributed by atoms with Crippen LogP contribution in [0.1, 0.15) is 44.8 Å². The molecule has 0 aliphatic rings. The van der Waals surface area contributed by atoms with Crippen LogP contribution in [0.5, 0.6) is 5.75 Å². The minimum atomic E-state index is -0.936. The Hall–Kier alpha value is -1.88. The summed E-state index contributed by atoms with van der Waals surface area (Å²) >= 11 is 1.24. The van der Waals surface area contributed by atoms with Gasteiger partial charge in [0.25, 0.3) is 0 Å². The van der Waals surface area contributed by atoms with Gasteiger partial charge >= 0.3 is 5.97 Å². The average Bonchev–Trinajstić information content (AvgIpc) is 2.83. The third-order valence-corrected chi connectivity index (χ3v) is 4.25. The Bertz CT molecular complexity index is 649. The van der Waals surface area contributed by atoms with Crippen LogP contribution in [0.4, 0.5) is 0 Å². The fourth-order valence-corrected chi connectivity index (χ4v) is 3.00. The SMILES string of the molecule is CCCc1nc(COc2cc(C)ccc2C)c(C(=O)O)s1. The molecule has 0 fully saturated rings. The van der Waals surface area contributed by atoms with Crippen molar-refractivity contribution in [2.75, 3.05) is 0 Å². The van der Waals surface area contributed by atoms with E-state index in [1.807, 2.05) is 39.0 Å². The maximum Gasteiger partial charge on any atom is 0.347 e. The Kier molecular flexibility index (Phi) is 4.96. The van der Waals surface area contributed by atoms with E-state index in [9.17, 15) is 9.90 Å². The number of carboxylic acids is 1. The second-order valence-corrected chi connectivity index (χ2v) is 6.08. The summed E-state index contributed by atoms with van der Waals surface area (Å²) in [6.07, 6.45) is 1.75. The van der Waals surface area contributed by atoms with E-state index < -0.39 is 5.97 Å². The van der Waals surface area contributed by atoms with E-state index >= 15 is 0 Å². The second-order valence-electron chi connectivity index (χ2n) is 5.00. The summed E-state index contributed by atoms with van der Waals surface area (Å²) < 4.78 is 5.77. The van der Waals surface area contributed by atoms with Crippen LogP contribution in [-0.4, -0.2) is 16.1 Å². The van der Waals surface area contributed by atoms with Crippen molar-refractivity contribution in [2.45, 2.75) is 40.2 Å². The molecule has 0 saturated heterocycles. The molecule has 112 valence electrons. The van der Waals surface area contributed by atoms with E-state index in [1.54, 1.807) is 0 Å². The van der Waals surface area contributed by atoms with E-state index in [0.29, 0.717) is 5.69 Å². The van der Waals surface area contributed by atoms with Crippen LogP contribution in [0.25, 0.3) is 0 Å². The van der Waals surface area contributed by atoms with Gasteiger partial charge in [-0.05, 0) is 43.9 Å². The monoisotopic (exact) mass is 305 g/mol. The number of rotatable bonds is 6. The largest absolute Gasteiger partial charge is 0.487 e. The van der Waals surface area contributed by atoms with Gasteiger partial charge in [0, 0.05) is 0 Å². The fraction of sp³-hybridized carbons (Fsp3) is 0.375. The molecule has 0 bridgehead atoms. The van der Waals surface area contributed by atoms with Gasteiger partial charge in [-0.1, -0.05) is 19.1 Å². The fourth-order valence-electron chi connectivity index (χ4n) is 2.00. The molecule has 1 aromatic heterocycles. The van der Waals surface area contributed by atoms with E-state index in [1.165, 1.54) is 11.3 Å². The molecule has 0 radical (unpaired) electrons. The summed E-state index contributed by atoms with van der Waals surface area (Å²) in [6, 6.07) is 5.97. The number of ether oxygens (including phenoxy) is 1. The van der Waals surface area contributed by atoms with E-state index in [-0.39, 0.29) is 11.5 Å². The molecule has 0 spiro atoms. The van der Waals surface area contributed by atoms with Crippen molar-refractivity contribution < 1.29 is 14.6 Å². The lowest BCUT2D eigenvalue weighted by Crippen LogP contribution is -2.04. The zero-order valence-electron chi connectivity index (χ0n) is 12.5. The third-order valence-electron chi connectivity index (χ3n) is 3.11. The summed E-state index contributed by atoms with van der Waals surface area (Å²) in [7, 11) is 0. The van der Waals surface area contributed by atoms with Crippen LogP contribution < -0.4 is 4.74 Å². The highest BCUT2D eigenvalue weighted by atomic mass is 32.1. The number of benzene rings is 1. The highest BCUT2D eigenvalue weighted by Gasteiger charge is 2.17. The molecule has 5 heteroatoms. The van der Waals surface area contributed by atoms with Gasteiger partial charge in [0.1, 0.15) is 22.9 Å². The van der Waals surface area contributed by atoms with Crippen molar-refractivity contribution in [1.82, 2.24) is 4.98 Å². The number of aromatic carboxylic acids is 1. The molecule has 0 unspecified atom stereocenters. The van der Waals surface area contributed by atoms with Crippen LogP contribution in [0.15, 0.2) is 18.2 Å². The van der Waals surface area contributed by atoms with Crippen LogP contribution in [0.3, 0.4) is 0 Å². The molecule has 4 nitrogen and oxygen atoms in total. The van der Waals surface area contributed by atoms with Gasteiger partial charge in [-0.25, -0.2) is 9.78 Å². The zero-order valence-corrected chi connectivity index (χ0v) is 13.3. The second kappa shape index (κ2) is 6.72. The van der Waals surface area contributed by atoms with Crippen molar-refractivity contribution in [3.8, 4) is 5.75 Å². The summed E-state index contributed by atoms with van der Waals surface area (Å²) in [5.74, 6) is -0.161. The first-order valence-electron chi connectivity index (χ1n) is 6.93. The smallest absolute Gasteiger partial charge is 0.347 e. The van der Waals surface area contributed by atoms with Gasteiger partial charge in [-0.15, -0.1) is 11.3 Å². The van der Waals surface area contributed by atoms with E-state index in [0.717, 1.165) is 34.7 Å². The van der Waals surface area contributed by atoms with Crippen LogP contribution >= 0.6 is 11.3 Å². The molecule has 1 heterocycles. The Morgan fingerprint density at radius 3 is 2.81 bits per heavy atom. The summed E-state index contributed by atoms with van der Waals surface area (Å²) in [5.41, 5.74) is 2.65. The number of hydrogen-bond acceptors (Lipinski definition) is 4. The first-order chi connectivity index (χ1) is 10.0. The molecule has 0 aliphatic carbocycles. The molecule has 21 heavy (non-hydrogen) atoms. The summed E-state index contributed by atoms with van der Waals surface area (Å²) in [6.45, 7) is 6.20. The van der Waals surface area contributed by atoms with Gasteiger partial charge in [-0.2, -0.15) is 0 Å². The van der Waals surface area contributed by atoms with E-state index in [4.69, 9.17) is 4.74 Å². The predicted molar refractivity (Wildman–Crippen MR) is 83.3 cm³/mol. The predicted octanol–water partition coefficient (Wildman–Crippen LogP) is 3.99. The minimum Gasteiger partial charge on any atom is -0.487 e. The Labute approximate surface area is 128 Å². The highest BCUT2D eigenvalue weighted by molar-refractivity contribution is 7.13. The quantitative estimate of drug-likeness (QED) is 0.876. The van der Waals surface area contributed by atoms with Gasteiger partial charge in [-0.3, -0.25) is 0 Å². The third kappa shape index (κ3) is 3.82. The lowest BCUT2D eigenvalue weighted by atomic mass is 10.1. The molecule has 1 aromatic carbocycles. The maximum absolute atomic E-state index is 11.3. The number of thiazole rings is 1. The number of hydrogen-bond donors (Lipinski definition) is 1. The Morgan fingerprint density at radius 2 is 2.14 bits per heavy atom. The number of nitrogens with zero attached hydrogens (tertiary/aromatic N) is 1. The molecule has 1 N–H and O–H groups in total. The van der Waals surface area contributed by atoms with Crippen LogP contribution in [-0.2, 0) is 13.0 Å². The number of carbonyl (C=O) groups is 1. The van der Waals surface area contributed by atoms with Gasteiger partial charge in [0.2, 0.25) is 0 Å². The van der Waals surface area contributed by atoms with Crippen molar-refractivity contribution in [3.63, 3.8) is 0 Å². The summed E-state index contributed by atoms with van der Waals surface area (Å²) in [4.78, 5) is 16.0. The molecule has 2 aromatic rings. The molecule has 0 aliphatic heterocycles. The van der Waals surface area contributed by atoms with E-state index in [2.05, 4.69) is 4.98 Å². The zero-order chi connectivity index (χ0) is 15.4. The maximum atomic E-state index is 11.3. The summed E-state index contributed by atoms with van der Waals surface area (Å²) in [5, 5.41) is 10.1. The van der Waals surface area contributed by atoms with Crippen molar-refractivity contribution in [3.05, 3.63) is 44.9 Å². The normalized spacial score (nSPS) is 10.6. The Morgan fingerprint density at radius 1 is 1.38 bits per heavy atom. The molecular weight excluding hydrogens is 286 g/mol. The van der Waals surface area contributed by atoms with Gasteiger partial charge in [0.15, 0.2) is 0 Å². The lowest BCUT2D eigenvalue weighted by Gasteiger charge is -2.09. The first kappa shape index (κ1) is 15.5. The number of carboxylic acid groups (broad SMARTS) is 1. The molecule has 0 atom stereocenters. The molecule has 0 amide bonds. The molecular formula is C16H19NO3S. The number of aryl methyl sites for hydroxylation is 3. The minimum absolute atomic E-state index is 0.187.